The Morgan fingerprint density at radius 3 is 1.14 bits per heavy atom. The first kappa shape index (κ1) is 38.8. The van der Waals surface area contributed by atoms with E-state index in [1.807, 2.05) is 12.1 Å². The Morgan fingerprint density at radius 2 is 0.638 bits per heavy atom. The zero-order valence-electron chi connectivity index (χ0n) is 37.3. The van der Waals surface area contributed by atoms with Crippen molar-refractivity contribution in [3.05, 3.63) is 243 Å². The van der Waals surface area contributed by atoms with Crippen LogP contribution < -0.4 is 0 Å². The summed E-state index contributed by atoms with van der Waals surface area (Å²) < 4.78 is 7.18. The maximum Gasteiger partial charge on any atom is 0.238 e. The van der Waals surface area contributed by atoms with Crippen molar-refractivity contribution in [1.29, 1.82) is 0 Å². The molecule has 0 fully saturated rings. The van der Waals surface area contributed by atoms with Gasteiger partial charge in [0.1, 0.15) is 0 Å². The van der Waals surface area contributed by atoms with Crippen molar-refractivity contribution in [2.45, 2.75) is 0 Å². The lowest BCUT2D eigenvalue weighted by molar-refractivity contribution is 0.953. The predicted molar refractivity (Wildman–Crippen MR) is 285 cm³/mol. The van der Waals surface area contributed by atoms with Crippen molar-refractivity contribution in [2.75, 3.05) is 0 Å². The van der Waals surface area contributed by atoms with Crippen LogP contribution in [-0.2, 0) is 0 Å². The second-order valence-electron chi connectivity index (χ2n) is 17.6. The third kappa shape index (κ3) is 6.16. The maximum absolute atomic E-state index is 5.46. The van der Waals surface area contributed by atoms with E-state index in [-0.39, 0.29) is 0 Å². The van der Waals surface area contributed by atoms with Gasteiger partial charge in [0.05, 0.1) is 38.8 Å². The van der Waals surface area contributed by atoms with Gasteiger partial charge in [0.25, 0.3) is 0 Å². The summed E-state index contributed by atoms with van der Waals surface area (Å²) in [5, 5.41) is 6.98. The summed E-state index contributed by atoms with van der Waals surface area (Å²) in [6, 6.07) is 86.2. The zero-order valence-corrected chi connectivity index (χ0v) is 37.3. The highest BCUT2D eigenvalue weighted by atomic mass is 15.2. The maximum atomic E-state index is 5.46. The number of benzene rings is 10. The first-order chi connectivity index (χ1) is 34.2. The normalized spacial score (nSPS) is 11.8. The molecule has 0 bridgehead atoms. The molecule has 0 spiro atoms. The van der Waals surface area contributed by atoms with Gasteiger partial charge in [-0.05, 0) is 64.7 Å². The summed E-state index contributed by atoms with van der Waals surface area (Å²) in [4.78, 5) is 16.2. The molecule has 0 N–H and O–H groups in total. The molecule has 6 heteroatoms. The lowest BCUT2D eigenvalue weighted by Gasteiger charge is -2.15. The molecule has 14 aromatic rings. The first-order valence-corrected chi connectivity index (χ1v) is 23.4. The van der Waals surface area contributed by atoms with Gasteiger partial charge in [0.15, 0.2) is 11.6 Å². The topological polar surface area (TPSA) is 53.5 Å². The number of hydrogen-bond donors (Lipinski definition) is 0. The summed E-state index contributed by atoms with van der Waals surface area (Å²) in [5.41, 5.74) is 15.1. The third-order valence-electron chi connectivity index (χ3n) is 13.7. The zero-order chi connectivity index (χ0) is 45.4. The molecule has 0 saturated carbocycles. The molecule has 0 saturated heterocycles. The van der Waals surface area contributed by atoms with Crippen LogP contribution in [0.2, 0.25) is 0 Å². The van der Waals surface area contributed by atoms with Crippen LogP contribution >= 0.6 is 0 Å². The number of aromatic nitrogens is 6. The minimum absolute atomic E-state index is 0.537. The Kier molecular flexibility index (Phi) is 8.79. The largest absolute Gasteiger partial charge is 0.308 e. The monoisotopic (exact) mass is 880 g/mol. The Balaban J connectivity index is 1.11. The van der Waals surface area contributed by atoms with Gasteiger partial charge in [-0.15, -0.1) is 0 Å². The first-order valence-electron chi connectivity index (χ1n) is 23.4. The molecule has 0 unspecified atom stereocenters. The molecule has 4 aromatic heterocycles. The van der Waals surface area contributed by atoms with E-state index in [1.54, 1.807) is 0 Å². The van der Waals surface area contributed by atoms with E-state index in [9.17, 15) is 0 Å². The highest BCUT2D eigenvalue weighted by Gasteiger charge is 2.27. The number of nitrogens with zero attached hydrogens (tertiary/aromatic N) is 6. The average molecular weight is 881 g/mol. The van der Waals surface area contributed by atoms with Gasteiger partial charge in [-0.1, -0.05) is 200 Å². The fraction of sp³-hybridized carbons (Fsp3) is 0. The van der Waals surface area contributed by atoms with Crippen molar-refractivity contribution in [3.8, 4) is 62.4 Å². The van der Waals surface area contributed by atoms with Crippen LogP contribution in [-0.4, -0.2) is 28.7 Å². The third-order valence-corrected chi connectivity index (χ3v) is 13.7. The van der Waals surface area contributed by atoms with E-state index in [1.165, 1.54) is 21.5 Å². The molecule has 0 amide bonds. The second kappa shape index (κ2) is 15.6. The van der Waals surface area contributed by atoms with Crippen molar-refractivity contribution >= 4 is 65.4 Å². The molecular formula is C63H40N6. The minimum Gasteiger partial charge on any atom is -0.308 e. The number of hydrogen-bond acceptors (Lipinski definition) is 3. The summed E-state index contributed by atoms with van der Waals surface area (Å²) in [6.07, 6.45) is 0. The van der Waals surface area contributed by atoms with Gasteiger partial charge in [-0.3, -0.25) is 4.57 Å². The lowest BCUT2D eigenvalue weighted by atomic mass is 10.0. The van der Waals surface area contributed by atoms with E-state index in [0.29, 0.717) is 17.6 Å². The Bertz CT molecular complexity index is 4110. The lowest BCUT2D eigenvalue weighted by Crippen LogP contribution is -2.07. The summed E-state index contributed by atoms with van der Waals surface area (Å²) >= 11 is 0. The van der Waals surface area contributed by atoms with Crippen LogP contribution in [0.15, 0.2) is 243 Å². The van der Waals surface area contributed by atoms with Crippen molar-refractivity contribution in [3.63, 3.8) is 0 Å². The van der Waals surface area contributed by atoms with Gasteiger partial charge in [-0.2, -0.15) is 9.97 Å². The average Bonchev–Trinajstić information content (AvgIpc) is 4.07. The SMILES string of the molecule is c1ccc(-c2ccc(-c3nc(-c4ccc(-c5ccccc5)cc4)nc(-n4c5ccccc5c5c4cc(-n4c6ccccc6c6ccccc64)c4c6ccccc6n(-c6ccccc6)c45)n3)cc2)cc1. The van der Waals surface area contributed by atoms with Crippen molar-refractivity contribution < 1.29 is 0 Å². The van der Waals surface area contributed by atoms with Crippen molar-refractivity contribution in [2.24, 2.45) is 0 Å². The fourth-order valence-electron chi connectivity index (χ4n) is 10.6. The van der Waals surface area contributed by atoms with E-state index >= 15 is 0 Å². The Hall–Kier alpha value is -9.39. The highest BCUT2D eigenvalue weighted by molar-refractivity contribution is 6.29. The van der Waals surface area contributed by atoms with Crippen LogP contribution in [0.5, 0.6) is 0 Å². The Labute approximate surface area is 397 Å². The van der Waals surface area contributed by atoms with Gasteiger partial charge >= 0.3 is 0 Å². The van der Waals surface area contributed by atoms with Gasteiger partial charge in [0, 0.05) is 49.1 Å². The van der Waals surface area contributed by atoms with E-state index in [4.69, 9.17) is 15.0 Å². The smallest absolute Gasteiger partial charge is 0.238 e. The summed E-state index contributed by atoms with van der Waals surface area (Å²) in [6.45, 7) is 0. The van der Waals surface area contributed by atoms with Gasteiger partial charge < -0.3 is 9.13 Å². The number of fused-ring (bicyclic) bond motifs is 10. The van der Waals surface area contributed by atoms with Crippen LogP contribution in [0, 0.1) is 0 Å². The van der Waals surface area contributed by atoms with Crippen LogP contribution in [0.1, 0.15) is 0 Å². The Morgan fingerprint density at radius 1 is 0.261 bits per heavy atom. The van der Waals surface area contributed by atoms with Gasteiger partial charge in [0.2, 0.25) is 5.95 Å². The standard InChI is InChI=1S/C63H40N6/c1-4-18-41(19-5-1)43-32-36-45(37-33-43)61-64-62(46-38-34-44(35-39-46)42-20-6-2-7-21-42)66-63(65-61)69-55-31-17-13-27-51(55)59-57(69)40-56(68-52-28-14-10-24-48(52)49-25-11-15-29-53(49)68)58-50-26-12-16-30-54(50)67(60(58)59)47-22-8-3-9-23-47/h1-40H. The molecule has 14 rings (SSSR count). The van der Waals surface area contributed by atoms with Crippen molar-refractivity contribution in [1.82, 2.24) is 28.7 Å². The molecule has 0 aliphatic heterocycles. The molecule has 322 valence electrons. The number of para-hydroxylation sites is 5. The predicted octanol–water partition coefficient (Wildman–Crippen LogP) is 15.8. The number of rotatable bonds is 7. The van der Waals surface area contributed by atoms with Gasteiger partial charge in [-0.25, -0.2) is 4.98 Å². The van der Waals surface area contributed by atoms with Crippen LogP contribution in [0.4, 0.5) is 0 Å². The molecule has 6 nitrogen and oxygen atoms in total. The quantitative estimate of drug-likeness (QED) is 0.160. The second-order valence-corrected chi connectivity index (χ2v) is 17.6. The molecule has 0 aliphatic carbocycles. The summed E-state index contributed by atoms with van der Waals surface area (Å²) in [5.74, 6) is 1.72. The minimum atomic E-state index is 0.537. The van der Waals surface area contributed by atoms with E-state index in [2.05, 4.69) is 244 Å². The molecule has 0 aliphatic rings. The highest BCUT2D eigenvalue weighted by Crippen LogP contribution is 2.46. The molecular weight excluding hydrogens is 841 g/mol. The van der Waals surface area contributed by atoms with Crippen LogP contribution in [0.3, 0.4) is 0 Å². The van der Waals surface area contributed by atoms with Crippen LogP contribution in [0.25, 0.3) is 128 Å². The molecule has 0 radical (unpaired) electrons. The molecule has 10 aromatic carbocycles. The van der Waals surface area contributed by atoms with E-state index in [0.717, 1.165) is 88.6 Å². The van der Waals surface area contributed by atoms with E-state index < -0.39 is 0 Å². The fourth-order valence-corrected chi connectivity index (χ4v) is 10.6. The molecule has 69 heavy (non-hydrogen) atoms. The molecule has 0 atom stereocenters. The summed E-state index contributed by atoms with van der Waals surface area (Å²) in [7, 11) is 0. The molecule has 4 heterocycles.